The first-order valence-electron chi connectivity index (χ1n) is 4.40. The molecule has 66 valence electrons. The van der Waals surface area contributed by atoms with Gasteiger partial charge in [0.15, 0.2) is 0 Å². The maximum atomic E-state index is 3.76. The normalized spacial score (nSPS) is 10.5. The van der Waals surface area contributed by atoms with Gasteiger partial charge in [-0.15, -0.1) is 17.9 Å². The van der Waals surface area contributed by atoms with Crippen LogP contribution in [0, 0.1) is 6.92 Å². The number of allylic oxidation sites excluding steroid dienone is 1. The Bertz CT molecular complexity index is 437. The van der Waals surface area contributed by atoms with E-state index in [0.717, 1.165) is 6.42 Å². The highest BCUT2D eigenvalue weighted by Crippen LogP contribution is 2.28. The van der Waals surface area contributed by atoms with Crippen molar-refractivity contribution in [3.63, 3.8) is 0 Å². The van der Waals surface area contributed by atoms with Gasteiger partial charge in [0, 0.05) is 9.58 Å². The van der Waals surface area contributed by atoms with Crippen LogP contribution < -0.4 is 0 Å². The monoisotopic (exact) mass is 188 g/mol. The van der Waals surface area contributed by atoms with E-state index in [0.29, 0.717) is 0 Å². The fourth-order valence-electron chi connectivity index (χ4n) is 1.51. The molecule has 0 N–H and O–H groups in total. The van der Waals surface area contributed by atoms with Crippen LogP contribution in [0.1, 0.15) is 10.4 Å². The smallest absolute Gasteiger partial charge is 0.0374 e. The number of hydrogen-bond donors (Lipinski definition) is 0. The van der Waals surface area contributed by atoms with Gasteiger partial charge in [0.1, 0.15) is 0 Å². The highest BCUT2D eigenvalue weighted by Gasteiger charge is 2.01. The van der Waals surface area contributed by atoms with Gasteiger partial charge in [-0.3, -0.25) is 0 Å². The Labute approximate surface area is 82.5 Å². The van der Waals surface area contributed by atoms with Crippen LogP contribution in [0.2, 0.25) is 0 Å². The summed E-state index contributed by atoms with van der Waals surface area (Å²) in [5.74, 6) is 0. The molecule has 13 heavy (non-hydrogen) atoms. The Balaban J connectivity index is 2.61. The third-order valence-electron chi connectivity index (χ3n) is 2.14. The summed E-state index contributed by atoms with van der Waals surface area (Å²) in [6.45, 7) is 5.92. The number of rotatable bonds is 2. The first kappa shape index (κ1) is 8.52. The van der Waals surface area contributed by atoms with Gasteiger partial charge in [0.2, 0.25) is 0 Å². The zero-order valence-electron chi connectivity index (χ0n) is 7.71. The summed E-state index contributed by atoms with van der Waals surface area (Å²) in [4.78, 5) is 1.40. The number of thiophene rings is 1. The second kappa shape index (κ2) is 3.35. The SMILES string of the molecule is C=CCc1cc2cccc(C)c2s1. The lowest BCUT2D eigenvalue weighted by Crippen LogP contribution is -1.68. The van der Waals surface area contributed by atoms with Crippen LogP contribution in [0.3, 0.4) is 0 Å². The second-order valence-electron chi connectivity index (χ2n) is 3.20. The van der Waals surface area contributed by atoms with Crippen LogP contribution in [-0.4, -0.2) is 0 Å². The third kappa shape index (κ3) is 1.52. The average Bonchev–Trinajstić information content (AvgIpc) is 2.49. The highest BCUT2D eigenvalue weighted by atomic mass is 32.1. The summed E-state index contributed by atoms with van der Waals surface area (Å²) in [6.07, 6.45) is 2.94. The van der Waals surface area contributed by atoms with Crippen molar-refractivity contribution in [1.82, 2.24) is 0 Å². The van der Waals surface area contributed by atoms with Gasteiger partial charge < -0.3 is 0 Å². The van der Waals surface area contributed by atoms with Crippen molar-refractivity contribution >= 4 is 21.4 Å². The van der Waals surface area contributed by atoms with E-state index in [1.165, 1.54) is 20.5 Å². The zero-order chi connectivity index (χ0) is 9.26. The molecule has 1 aromatic heterocycles. The van der Waals surface area contributed by atoms with Crippen LogP contribution in [0.5, 0.6) is 0 Å². The van der Waals surface area contributed by atoms with E-state index < -0.39 is 0 Å². The quantitative estimate of drug-likeness (QED) is 0.626. The minimum Gasteiger partial charge on any atom is -0.140 e. The maximum absolute atomic E-state index is 3.76. The van der Waals surface area contributed by atoms with Crippen molar-refractivity contribution in [3.05, 3.63) is 47.4 Å². The van der Waals surface area contributed by atoms with Gasteiger partial charge in [-0.25, -0.2) is 0 Å². The molecular formula is C12H12S. The number of benzene rings is 1. The Kier molecular flexibility index (Phi) is 2.19. The first-order valence-corrected chi connectivity index (χ1v) is 5.22. The van der Waals surface area contributed by atoms with Gasteiger partial charge in [0.05, 0.1) is 0 Å². The van der Waals surface area contributed by atoms with Gasteiger partial charge >= 0.3 is 0 Å². The molecule has 0 saturated carbocycles. The molecule has 1 aromatic carbocycles. The molecule has 0 atom stereocenters. The minimum atomic E-state index is 0.985. The van der Waals surface area contributed by atoms with E-state index in [1.807, 2.05) is 17.4 Å². The fourth-order valence-corrected chi connectivity index (χ4v) is 2.63. The molecular weight excluding hydrogens is 176 g/mol. The number of aryl methyl sites for hydroxylation is 1. The van der Waals surface area contributed by atoms with E-state index in [4.69, 9.17) is 0 Å². The molecule has 0 bridgehead atoms. The molecule has 0 fully saturated rings. The standard InChI is InChI=1S/C12H12S/c1-3-5-11-8-10-7-4-6-9(2)12(10)13-11/h3-4,6-8H,1,5H2,2H3. The molecule has 0 aliphatic rings. The lowest BCUT2D eigenvalue weighted by Gasteiger charge is -1.91. The molecule has 2 rings (SSSR count). The molecule has 0 saturated heterocycles. The van der Waals surface area contributed by atoms with Crippen molar-refractivity contribution in [2.24, 2.45) is 0 Å². The van der Waals surface area contributed by atoms with E-state index in [9.17, 15) is 0 Å². The van der Waals surface area contributed by atoms with Crippen molar-refractivity contribution in [3.8, 4) is 0 Å². The van der Waals surface area contributed by atoms with Crippen molar-refractivity contribution < 1.29 is 0 Å². The molecule has 1 heteroatoms. The van der Waals surface area contributed by atoms with Gasteiger partial charge in [-0.05, 0) is 30.4 Å². The van der Waals surface area contributed by atoms with Crippen LogP contribution in [0.15, 0.2) is 36.9 Å². The van der Waals surface area contributed by atoms with Gasteiger partial charge in [0.25, 0.3) is 0 Å². The van der Waals surface area contributed by atoms with Crippen molar-refractivity contribution in [2.45, 2.75) is 13.3 Å². The van der Waals surface area contributed by atoms with Crippen LogP contribution in [0.4, 0.5) is 0 Å². The highest BCUT2D eigenvalue weighted by molar-refractivity contribution is 7.19. The lowest BCUT2D eigenvalue weighted by molar-refractivity contribution is 1.36. The number of fused-ring (bicyclic) bond motifs is 1. The first-order chi connectivity index (χ1) is 6.31. The predicted octanol–water partition coefficient (Wildman–Crippen LogP) is 3.94. The van der Waals surface area contributed by atoms with Gasteiger partial charge in [-0.2, -0.15) is 0 Å². The third-order valence-corrected chi connectivity index (χ3v) is 3.45. The Hall–Kier alpha value is -1.08. The summed E-state index contributed by atoms with van der Waals surface area (Å²) in [6, 6.07) is 8.71. The number of hydrogen-bond acceptors (Lipinski definition) is 1. The van der Waals surface area contributed by atoms with Crippen molar-refractivity contribution in [1.29, 1.82) is 0 Å². The van der Waals surface area contributed by atoms with Crippen LogP contribution >= 0.6 is 11.3 Å². The molecule has 0 nitrogen and oxygen atoms in total. The molecule has 0 aliphatic carbocycles. The van der Waals surface area contributed by atoms with Crippen molar-refractivity contribution in [2.75, 3.05) is 0 Å². The zero-order valence-corrected chi connectivity index (χ0v) is 8.53. The summed E-state index contributed by atoms with van der Waals surface area (Å²) in [5.41, 5.74) is 1.37. The lowest BCUT2D eigenvalue weighted by atomic mass is 10.2. The summed E-state index contributed by atoms with van der Waals surface area (Å²) in [5, 5.41) is 1.36. The van der Waals surface area contributed by atoms with Crippen LogP contribution in [-0.2, 0) is 6.42 Å². The van der Waals surface area contributed by atoms with E-state index >= 15 is 0 Å². The average molecular weight is 188 g/mol. The topological polar surface area (TPSA) is 0 Å². The molecule has 2 aromatic rings. The summed E-state index contributed by atoms with van der Waals surface area (Å²) < 4.78 is 1.42. The summed E-state index contributed by atoms with van der Waals surface area (Å²) in [7, 11) is 0. The molecule has 1 heterocycles. The maximum Gasteiger partial charge on any atom is 0.0374 e. The van der Waals surface area contributed by atoms with E-state index in [2.05, 4.69) is 37.8 Å². The largest absolute Gasteiger partial charge is 0.140 e. The summed E-state index contributed by atoms with van der Waals surface area (Å²) >= 11 is 1.88. The molecule has 0 radical (unpaired) electrons. The van der Waals surface area contributed by atoms with Crippen LogP contribution in [0.25, 0.3) is 10.1 Å². The Morgan fingerprint density at radius 2 is 2.31 bits per heavy atom. The van der Waals surface area contributed by atoms with E-state index in [-0.39, 0.29) is 0 Å². The van der Waals surface area contributed by atoms with E-state index in [1.54, 1.807) is 0 Å². The second-order valence-corrected chi connectivity index (χ2v) is 4.34. The molecule has 0 unspecified atom stereocenters. The Morgan fingerprint density at radius 3 is 3.00 bits per heavy atom. The fraction of sp³-hybridized carbons (Fsp3) is 0.167. The molecule has 0 spiro atoms. The predicted molar refractivity (Wildman–Crippen MR) is 60.5 cm³/mol. The van der Waals surface area contributed by atoms with Gasteiger partial charge in [-0.1, -0.05) is 24.3 Å². The molecule has 0 aliphatic heterocycles. The minimum absolute atomic E-state index is 0.985. The Morgan fingerprint density at radius 1 is 1.46 bits per heavy atom. The molecule has 0 amide bonds.